The van der Waals surface area contributed by atoms with Gasteiger partial charge in [0.1, 0.15) is 23.6 Å². The maximum absolute atomic E-state index is 12.6. The minimum absolute atomic E-state index is 0.179. The molecule has 0 saturated carbocycles. The molecule has 0 bridgehead atoms. The molecule has 186 valence electrons. The van der Waals surface area contributed by atoms with Gasteiger partial charge in [0.05, 0.1) is 11.8 Å². The van der Waals surface area contributed by atoms with E-state index in [4.69, 9.17) is 15.6 Å². The number of fused-ring (bicyclic) bond motifs is 1. The minimum atomic E-state index is -0.478. The summed E-state index contributed by atoms with van der Waals surface area (Å²) in [5.74, 6) is 1.28. The molecule has 3 atom stereocenters. The number of hydrogen-bond acceptors (Lipinski definition) is 6. The van der Waals surface area contributed by atoms with Crippen LogP contribution in [0.4, 0.5) is 0 Å². The lowest BCUT2D eigenvalue weighted by Gasteiger charge is -2.47. The SMILES string of the molecule is CC(C)(C)N1CCC(C2CCNC3C(C(N)=O)C(c4ccc(Oc5ccccc5)cc4)=NN23)CC1. The summed E-state index contributed by atoms with van der Waals surface area (Å²) in [6.45, 7) is 9.96. The van der Waals surface area contributed by atoms with Crippen molar-refractivity contribution in [1.82, 2.24) is 15.2 Å². The van der Waals surface area contributed by atoms with Crippen molar-refractivity contribution in [1.29, 1.82) is 0 Å². The molecule has 5 rings (SSSR count). The van der Waals surface area contributed by atoms with Crippen molar-refractivity contribution in [2.45, 2.75) is 57.8 Å². The smallest absolute Gasteiger partial charge is 0.230 e. The van der Waals surface area contributed by atoms with Crippen LogP contribution in [-0.2, 0) is 4.79 Å². The van der Waals surface area contributed by atoms with Crippen LogP contribution in [0.1, 0.15) is 45.6 Å². The summed E-state index contributed by atoms with van der Waals surface area (Å²) in [5.41, 5.74) is 7.80. The lowest BCUT2D eigenvalue weighted by molar-refractivity contribution is -0.122. The Labute approximate surface area is 208 Å². The molecule has 0 radical (unpaired) electrons. The van der Waals surface area contributed by atoms with E-state index in [9.17, 15) is 4.79 Å². The highest BCUT2D eigenvalue weighted by Gasteiger charge is 2.48. The summed E-state index contributed by atoms with van der Waals surface area (Å²) in [6, 6.07) is 17.8. The van der Waals surface area contributed by atoms with E-state index in [2.05, 4.69) is 36.0 Å². The number of carbonyl (C=O) groups excluding carboxylic acids is 1. The monoisotopic (exact) mass is 475 g/mol. The summed E-state index contributed by atoms with van der Waals surface area (Å²) in [7, 11) is 0. The summed E-state index contributed by atoms with van der Waals surface area (Å²) < 4.78 is 5.94. The van der Waals surface area contributed by atoms with Gasteiger partial charge in [0.25, 0.3) is 0 Å². The molecule has 3 aliphatic heterocycles. The average Bonchev–Trinajstić information content (AvgIpc) is 3.25. The van der Waals surface area contributed by atoms with E-state index < -0.39 is 5.92 Å². The van der Waals surface area contributed by atoms with Crippen molar-refractivity contribution in [3.8, 4) is 11.5 Å². The number of para-hydroxylation sites is 1. The number of benzene rings is 2. The number of piperidine rings is 1. The second kappa shape index (κ2) is 9.63. The first-order valence-electron chi connectivity index (χ1n) is 12.8. The van der Waals surface area contributed by atoms with Crippen molar-refractivity contribution in [3.63, 3.8) is 0 Å². The number of carbonyl (C=O) groups is 1. The largest absolute Gasteiger partial charge is 0.457 e. The zero-order valence-corrected chi connectivity index (χ0v) is 21.0. The van der Waals surface area contributed by atoms with Gasteiger partial charge in [0, 0.05) is 5.54 Å². The number of hydrogen-bond donors (Lipinski definition) is 2. The third-order valence-corrected chi connectivity index (χ3v) is 7.72. The van der Waals surface area contributed by atoms with Crippen molar-refractivity contribution in [2.24, 2.45) is 22.7 Å². The van der Waals surface area contributed by atoms with E-state index in [0.29, 0.717) is 12.0 Å². The number of nitrogens with zero attached hydrogens (tertiary/aromatic N) is 3. The number of likely N-dealkylation sites (tertiary alicyclic amines) is 1. The zero-order valence-electron chi connectivity index (χ0n) is 21.0. The molecule has 0 aliphatic carbocycles. The Kier molecular flexibility index (Phi) is 6.55. The Morgan fingerprint density at radius 1 is 1.00 bits per heavy atom. The quantitative estimate of drug-likeness (QED) is 0.687. The maximum Gasteiger partial charge on any atom is 0.230 e. The molecule has 2 saturated heterocycles. The highest BCUT2D eigenvalue weighted by molar-refractivity contribution is 6.14. The topological polar surface area (TPSA) is 83.2 Å². The third-order valence-electron chi connectivity index (χ3n) is 7.72. The zero-order chi connectivity index (χ0) is 24.6. The van der Waals surface area contributed by atoms with Crippen LogP contribution in [0.3, 0.4) is 0 Å². The molecule has 35 heavy (non-hydrogen) atoms. The molecule has 3 unspecified atom stereocenters. The van der Waals surface area contributed by atoms with Gasteiger partial charge in [-0.2, -0.15) is 5.10 Å². The molecule has 3 N–H and O–H groups in total. The lowest BCUT2D eigenvalue weighted by atomic mass is 9.83. The third kappa shape index (κ3) is 4.93. The first-order chi connectivity index (χ1) is 16.8. The number of rotatable bonds is 5. The van der Waals surface area contributed by atoms with E-state index in [1.807, 2.05) is 54.6 Å². The number of primary amides is 1. The van der Waals surface area contributed by atoms with Crippen LogP contribution < -0.4 is 15.8 Å². The van der Waals surface area contributed by atoms with Crippen LogP contribution in [0.2, 0.25) is 0 Å². The summed E-state index contributed by atoms with van der Waals surface area (Å²) >= 11 is 0. The fourth-order valence-electron chi connectivity index (χ4n) is 5.81. The standard InChI is InChI=1S/C28H37N5O2/c1-28(2,3)32-17-14-19(15-18-32)23-13-16-30-27-24(26(29)34)25(31-33(23)27)20-9-11-22(12-10-20)35-21-7-5-4-6-8-21/h4-12,19,23-24,27,30H,13-18H2,1-3H3,(H2,29,34). The van der Waals surface area contributed by atoms with Crippen molar-refractivity contribution < 1.29 is 9.53 Å². The molecule has 7 nitrogen and oxygen atoms in total. The highest BCUT2D eigenvalue weighted by atomic mass is 16.5. The predicted molar refractivity (Wildman–Crippen MR) is 138 cm³/mol. The van der Waals surface area contributed by atoms with Crippen LogP contribution in [-0.4, -0.2) is 58.9 Å². The normalized spacial score (nSPS) is 25.7. The molecule has 2 fully saturated rings. The number of nitrogens with two attached hydrogens (primary N) is 1. The molecular formula is C28H37N5O2. The maximum atomic E-state index is 12.6. The Morgan fingerprint density at radius 3 is 2.29 bits per heavy atom. The highest BCUT2D eigenvalue weighted by Crippen LogP contribution is 2.37. The number of amides is 1. The van der Waals surface area contributed by atoms with Gasteiger partial charge in [-0.05, 0) is 108 Å². The molecule has 3 aliphatic rings. The Morgan fingerprint density at radius 2 is 1.66 bits per heavy atom. The predicted octanol–water partition coefficient (Wildman–Crippen LogP) is 3.80. The molecule has 1 amide bonds. The van der Waals surface area contributed by atoms with Crippen LogP contribution in [0, 0.1) is 11.8 Å². The van der Waals surface area contributed by atoms with E-state index in [1.54, 1.807) is 0 Å². The summed E-state index contributed by atoms with van der Waals surface area (Å²) in [6.07, 6.45) is 3.16. The van der Waals surface area contributed by atoms with Gasteiger partial charge in [0.15, 0.2) is 0 Å². The second-order valence-corrected chi connectivity index (χ2v) is 10.9. The Bertz CT molecular complexity index is 1060. The Balaban J connectivity index is 1.35. The fourth-order valence-corrected chi connectivity index (χ4v) is 5.81. The molecule has 0 aromatic heterocycles. The lowest BCUT2D eigenvalue weighted by Crippen LogP contribution is -2.60. The van der Waals surface area contributed by atoms with E-state index in [0.717, 1.165) is 61.7 Å². The van der Waals surface area contributed by atoms with Crippen LogP contribution >= 0.6 is 0 Å². The van der Waals surface area contributed by atoms with E-state index >= 15 is 0 Å². The van der Waals surface area contributed by atoms with E-state index in [1.165, 1.54) is 0 Å². The van der Waals surface area contributed by atoms with Crippen LogP contribution in [0.5, 0.6) is 11.5 Å². The molecule has 2 aromatic rings. The second-order valence-electron chi connectivity index (χ2n) is 10.9. The van der Waals surface area contributed by atoms with Crippen molar-refractivity contribution >= 4 is 11.6 Å². The summed E-state index contributed by atoms with van der Waals surface area (Å²) in [5, 5.41) is 10.8. The first kappa shape index (κ1) is 23.8. The van der Waals surface area contributed by atoms with Gasteiger partial charge >= 0.3 is 0 Å². The Hall–Kier alpha value is -2.90. The average molecular weight is 476 g/mol. The van der Waals surface area contributed by atoms with Crippen LogP contribution in [0.15, 0.2) is 59.7 Å². The molecular weight excluding hydrogens is 438 g/mol. The van der Waals surface area contributed by atoms with Gasteiger partial charge in [-0.25, -0.2) is 0 Å². The molecule has 2 aromatic carbocycles. The molecule has 7 heteroatoms. The number of ether oxygens (including phenoxy) is 1. The van der Waals surface area contributed by atoms with Crippen LogP contribution in [0.25, 0.3) is 0 Å². The number of nitrogens with one attached hydrogen (secondary N) is 1. The fraction of sp³-hybridized carbons (Fsp3) is 0.500. The summed E-state index contributed by atoms with van der Waals surface area (Å²) in [4.78, 5) is 15.2. The van der Waals surface area contributed by atoms with Gasteiger partial charge in [-0.15, -0.1) is 0 Å². The molecule has 0 spiro atoms. The molecule has 3 heterocycles. The van der Waals surface area contributed by atoms with Crippen molar-refractivity contribution in [2.75, 3.05) is 19.6 Å². The van der Waals surface area contributed by atoms with Crippen molar-refractivity contribution in [3.05, 3.63) is 60.2 Å². The van der Waals surface area contributed by atoms with E-state index in [-0.39, 0.29) is 17.6 Å². The number of hydrazone groups is 1. The van der Waals surface area contributed by atoms with Gasteiger partial charge in [-0.1, -0.05) is 18.2 Å². The van der Waals surface area contributed by atoms with Gasteiger partial charge in [0.2, 0.25) is 5.91 Å². The van der Waals surface area contributed by atoms with Gasteiger partial charge < -0.3 is 10.5 Å². The van der Waals surface area contributed by atoms with Gasteiger partial charge in [-0.3, -0.25) is 20.0 Å². The first-order valence-corrected chi connectivity index (χ1v) is 12.8. The minimum Gasteiger partial charge on any atom is -0.457 e.